The molecule has 1 N–H and O–H groups in total. The first kappa shape index (κ1) is 14.3. The van der Waals surface area contributed by atoms with Crippen LogP contribution in [0.25, 0.3) is 0 Å². The van der Waals surface area contributed by atoms with Crippen LogP contribution in [-0.4, -0.2) is 37.4 Å². The average molecular weight is 281 g/mol. The van der Waals surface area contributed by atoms with Crippen LogP contribution in [0.2, 0.25) is 0 Å². The molecule has 3 unspecified atom stereocenters. The van der Waals surface area contributed by atoms with Crippen molar-refractivity contribution in [1.82, 2.24) is 5.32 Å². The largest absolute Gasteiger partial charge is 0.373 e. The van der Waals surface area contributed by atoms with E-state index in [2.05, 4.69) is 5.32 Å². The lowest BCUT2D eigenvalue weighted by Gasteiger charge is -2.39. The van der Waals surface area contributed by atoms with Crippen molar-refractivity contribution >= 4 is 5.91 Å². The fraction of sp³-hybridized carbons (Fsp3) is 0.938. The van der Waals surface area contributed by atoms with Gasteiger partial charge in [-0.1, -0.05) is 25.7 Å². The molecule has 0 aromatic rings. The Labute approximate surface area is 121 Å². The van der Waals surface area contributed by atoms with Crippen LogP contribution < -0.4 is 5.32 Å². The molecule has 114 valence electrons. The Morgan fingerprint density at radius 3 is 2.55 bits per heavy atom. The van der Waals surface area contributed by atoms with Crippen molar-refractivity contribution in [2.45, 2.75) is 76.0 Å². The number of carbonyl (C=O) groups is 1. The summed E-state index contributed by atoms with van der Waals surface area (Å²) >= 11 is 0. The minimum absolute atomic E-state index is 0.192. The van der Waals surface area contributed by atoms with Gasteiger partial charge in [-0.2, -0.15) is 0 Å². The van der Waals surface area contributed by atoms with Gasteiger partial charge < -0.3 is 14.8 Å². The third-order valence-electron chi connectivity index (χ3n) is 5.10. The molecule has 0 spiro atoms. The van der Waals surface area contributed by atoms with Gasteiger partial charge in [0.05, 0.1) is 25.4 Å². The van der Waals surface area contributed by atoms with Crippen LogP contribution in [0.5, 0.6) is 0 Å². The molecular weight excluding hydrogens is 254 g/mol. The van der Waals surface area contributed by atoms with Gasteiger partial charge in [0, 0.05) is 12.5 Å². The second-order valence-electron chi connectivity index (χ2n) is 6.59. The first-order chi connectivity index (χ1) is 9.81. The smallest absolute Gasteiger partial charge is 0.220 e. The summed E-state index contributed by atoms with van der Waals surface area (Å²) < 4.78 is 11.5. The second-order valence-corrected chi connectivity index (χ2v) is 6.59. The number of fused-ring (bicyclic) bond motifs is 1. The highest BCUT2D eigenvalue weighted by Gasteiger charge is 2.34. The van der Waals surface area contributed by atoms with Crippen LogP contribution in [0.1, 0.15) is 57.8 Å². The van der Waals surface area contributed by atoms with Gasteiger partial charge in [-0.25, -0.2) is 0 Å². The Bertz CT molecular complexity index is 328. The molecule has 3 atom stereocenters. The van der Waals surface area contributed by atoms with Crippen molar-refractivity contribution in [2.24, 2.45) is 5.92 Å². The van der Waals surface area contributed by atoms with Crippen molar-refractivity contribution in [2.75, 3.05) is 13.2 Å². The zero-order valence-corrected chi connectivity index (χ0v) is 12.3. The molecule has 0 bridgehead atoms. The van der Waals surface area contributed by atoms with Gasteiger partial charge >= 0.3 is 0 Å². The molecule has 1 amide bonds. The third kappa shape index (κ3) is 3.73. The van der Waals surface area contributed by atoms with Crippen LogP contribution in [0, 0.1) is 5.92 Å². The van der Waals surface area contributed by atoms with E-state index in [9.17, 15) is 4.79 Å². The monoisotopic (exact) mass is 281 g/mol. The van der Waals surface area contributed by atoms with E-state index in [4.69, 9.17) is 9.47 Å². The molecule has 1 saturated heterocycles. The fourth-order valence-electron chi connectivity index (χ4n) is 3.93. The molecule has 3 aliphatic rings. The molecule has 1 heterocycles. The third-order valence-corrected chi connectivity index (χ3v) is 5.10. The summed E-state index contributed by atoms with van der Waals surface area (Å²) in [5.41, 5.74) is 0. The van der Waals surface area contributed by atoms with Crippen molar-refractivity contribution in [3.05, 3.63) is 0 Å². The molecule has 2 aliphatic carbocycles. The van der Waals surface area contributed by atoms with Crippen LogP contribution in [0.4, 0.5) is 0 Å². The van der Waals surface area contributed by atoms with Gasteiger partial charge in [0.2, 0.25) is 5.91 Å². The minimum atomic E-state index is 0.192. The average Bonchev–Trinajstić information content (AvgIpc) is 2.98. The Morgan fingerprint density at radius 2 is 1.75 bits per heavy atom. The maximum absolute atomic E-state index is 12.0. The zero-order chi connectivity index (χ0) is 13.8. The summed E-state index contributed by atoms with van der Waals surface area (Å²) in [6.07, 6.45) is 10.5. The summed E-state index contributed by atoms with van der Waals surface area (Å²) in [5.74, 6) is 1.03. The van der Waals surface area contributed by atoms with Crippen LogP contribution in [0.15, 0.2) is 0 Å². The topological polar surface area (TPSA) is 47.6 Å². The first-order valence-corrected chi connectivity index (χ1v) is 8.34. The summed E-state index contributed by atoms with van der Waals surface area (Å²) in [6, 6.07) is 0.286. The molecule has 3 fully saturated rings. The number of hydrogen-bond acceptors (Lipinski definition) is 3. The predicted molar refractivity (Wildman–Crippen MR) is 76.5 cm³/mol. The number of nitrogens with one attached hydrogen (secondary N) is 1. The summed E-state index contributed by atoms with van der Waals surface area (Å²) in [5, 5.41) is 3.20. The molecule has 4 nitrogen and oxygen atoms in total. The van der Waals surface area contributed by atoms with Crippen LogP contribution in [0.3, 0.4) is 0 Å². The maximum Gasteiger partial charge on any atom is 0.220 e. The highest BCUT2D eigenvalue weighted by Crippen LogP contribution is 2.29. The molecule has 20 heavy (non-hydrogen) atoms. The van der Waals surface area contributed by atoms with Gasteiger partial charge in [0.25, 0.3) is 0 Å². The Balaban J connectivity index is 1.37. The summed E-state index contributed by atoms with van der Waals surface area (Å²) in [6.45, 7) is 1.42. The van der Waals surface area contributed by atoms with E-state index in [0.717, 1.165) is 38.2 Å². The minimum Gasteiger partial charge on any atom is -0.373 e. The van der Waals surface area contributed by atoms with Crippen molar-refractivity contribution < 1.29 is 14.3 Å². The fourth-order valence-corrected chi connectivity index (χ4v) is 3.93. The van der Waals surface area contributed by atoms with Gasteiger partial charge in [-0.15, -0.1) is 0 Å². The van der Waals surface area contributed by atoms with Crippen molar-refractivity contribution in [3.63, 3.8) is 0 Å². The van der Waals surface area contributed by atoms with Crippen LogP contribution >= 0.6 is 0 Å². The highest BCUT2D eigenvalue weighted by atomic mass is 16.6. The number of hydrogen-bond donors (Lipinski definition) is 1. The Morgan fingerprint density at radius 1 is 1.00 bits per heavy atom. The zero-order valence-electron chi connectivity index (χ0n) is 12.3. The number of amides is 1. The first-order valence-electron chi connectivity index (χ1n) is 8.34. The van der Waals surface area contributed by atoms with E-state index >= 15 is 0 Å². The normalized spacial score (nSPS) is 34.7. The maximum atomic E-state index is 12.0. The second kappa shape index (κ2) is 6.90. The van der Waals surface area contributed by atoms with Gasteiger partial charge in [0.1, 0.15) is 0 Å². The molecule has 0 aromatic heterocycles. The highest BCUT2D eigenvalue weighted by molar-refractivity contribution is 5.76. The van der Waals surface area contributed by atoms with Gasteiger partial charge in [0.15, 0.2) is 0 Å². The number of carbonyl (C=O) groups excluding carboxylic acids is 1. The molecule has 4 heteroatoms. The van der Waals surface area contributed by atoms with Crippen molar-refractivity contribution in [3.8, 4) is 0 Å². The summed E-state index contributed by atoms with van der Waals surface area (Å²) in [7, 11) is 0. The molecule has 3 rings (SSSR count). The van der Waals surface area contributed by atoms with Crippen molar-refractivity contribution in [1.29, 1.82) is 0 Å². The van der Waals surface area contributed by atoms with E-state index in [0.29, 0.717) is 13.0 Å². The van der Waals surface area contributed by atoms with E-state index in [1.165, 1.54) is 25.7 Å². The molecule has 2 saturated carbocycles. The van der Waals surface area contributed by atoms with Gasteiger partial charge in [-0.05, 0) is 31.6 Å². The number of ether oxygens (including phenoxy) is 2. The lowest BCUT2D eigenvalue weighted by atomic mass is 9.89. The lowest BCUT2D eigenvalue weighted by molar-refractivity contribution is -0.158. The Hall–Kier alpha value is -0.610. The van der Waals surface area contributed by atoms with E-state index in [-0.39, 0.29) is 24.2 Å². The standard InChI is InChI=1S/C16H27NO3/c18-16(8-5-12-3-1-2-4-12)17-13-6-7-14-15(11-13)20-10-9-19-14/h12-15H,1-11H2,(H,17,18). The molecule has 0 aromatic carbocycles. The molecular formula is C16H27NO3. The lowest BCUT2D eigenvalue weighted by Crippen LogP contribution is -2.49. The molecule has 0 radical (unpaired) electrons. The quantitative estimate of drug-likeness (QED) is 0.861. The Kier molecular flexibility index (Phi) is 4.94. The van der Waals surface area contributed by atoms with Crippen LogP contribution in [-0.2, 0) is 14.3 Å². The predicted octanol–water partition coefficient (Wildman–Crippen LogP) is 2.41. The van der Waals surface area contributed by atoms with E-state index < -0.39 is 0 Å². The molecule has 1 aliphatic heterocycles. The SMILES string of the molecule is O=C(CCC1CCCC1)NC1CCC2OCCOC2C1. The van der Waals surface area contributed by atoms with E-state index in [1.807, 2.05) is 0 Å². The van der Waals surface area contributed by atoms with E-state index in [1.54, 1.807) is 0 Å². The number of rotatable bonds is 4. The summed E-state index contributed by atoms with van der Waals surface area (Å²) in [4.78, 5) is 12.0. The van der Waals surface area contributed by atoms with Gasteiger partial charge in [-0.3, -0.25) is 4.79 Å².